The lowest BCUT2D eigenvalue weighted by Crippen LogP contribution is -2.44. The second kappa shape index (κ2) is 11.8. The highest BCUT2D eigenvalue weighted by Gasteiger charge is 2.33. The summed E-state index contributed by atoms with van der Waals surface area (Å²) in [5, 5.41) is 3.86. The Balaban J connectivity index is 1.62. The maximum atomic E-state index is 13.1. The molecule has 0 spiro atoms. The van der Waals surface area contributed by atoms with Crippen LogP contribution in [0.2, 0.25) is 10.0 Å². The summed E-state index contributed by atoms with van der Waals surface area (Å²) in [6.07, 6.45) is 1.75. The van der Waals surface area contributed by atoms with Crippen molar-refractivity contribution in [2.75, 3.05) is 20.2 Å². The van der Waals surface area contributed by atoms with Crippen LogP contribution in [0.25, 0.3) is 0 Å². The van der Waals surface area contributed by atoms with Crippen molar-refractivity contribution in [3.63, 3.8) is 0 Å². The van der Waals surface area contributed by atoms with Gasteiger partial charge in [0.2, 0.25) is 15.9 Å². The number of nitrogens with one attached hydrogen (secondary N) is 1. The van der Waals surface area contributed by atoms with Gasteiger partial charge in [-0.05, 0) is 55.0 Å². The Hall–Kier alpha value is -1.80. The van der Waals surface area contributed by atoms with E-state index in [0.717, 1.165) is 17.7 Å². The van der Waals surface area contributed by atoms with E-state index in [1.807, 2.05) is 24.3 Å². The lowest BCUT2D eigenvalue weighted by Gasteiger charge is -2.32. The van der Waals surface area contributed by atoms with E-state index >= 15 is 0 Å². The first kappa shape index (κ1) is 26.8. The first-order valence-electron chi connectivity index (χ1n) is 11.5. The van der Waals surface area contributed by atoms with Crippen molar-refractivity contribution >= 4 is 39.1 Å². The van der Waals surface area contributed by atoms with Crippen LogP contribution in [0.3, 0.4) is 0 Å². The maximum Gasteiger partial charge on any atom is 0.223 e. The molecule has 34 heavy (non-hydrogen) atoms. The third-order valence-electron chi connectivity index (χ3n) is 6.15. The second-order valence-electron chi connectivity index (χ2n) is 9.09. The number of hydrogen-bond donors (Lipinski definition) is 1. The van der Waals surface area contributed by atoms with Crippen molar-refractivity contribution in [2.45, 2.75) is 44.9 Å². The molecule has 6 nitrogen and oxygen atoms in total. The predicted molar refractivity (Wildman–Crippen MR) is 137 cm³/mol. The fraction of sp³-hybridized carbons (Fsp3) is 0.480. The van der Waals surface area contributed by atoms with Gasteiger partial charge in [0.1, 0.15) is 5.75 Å². The number of carbonyl (C=O) groups is 1. The lowest BCUT2D eigenvalue weighted by molar-refractivity contribution is -0.127. The zero-order chi connectivity index (χ0) is 24.9. The molecule has 186 valence electrons. The van der Waals surface area contributed by atoms with Crippen LogP contribution < -0.4 is 10.1 Å². The molecule has 2 aromatic carbocycles. The van der Waals surface area contributed by atoms with Crippen molar-refractivity contribution < 1.29 is 17.9 Å². The summed E-state index contributed by atoms with van der Waals surface area (Å²) in [5.74, 6) is 0.646. The highest BCUT2D eigenvalue weighted by atomic mass is 35.5. The second-order valence-corrected chi connectivity index (χ2v) is 11.9. The fourth-order valence-electron chi connectivity index (χ4n) is 4.22. The van der Waals surface area contributed by atoms with E-state index in [4.69, 9.17) is 27.9 Å². The van der Waals surface area contributed by atoms with Crippen molar-refractivity contribution in [2.24, 2.45) is 11.8 Å². The Morgan fingerprint density at radius 3 is 2.21 bits per heavy atom. The summed E-state index contributed by atoms with van der Waals surface area (Å²) < 4.78 is 32.6. The van der Waals surface area contributed by atoms with Crippen LogP contribution in [-0.4, -0.2) is 38.8 Å². The summed E-state index contributed by atoms with van der Waals surface area (Å²) in [6.45, 7) is 4.83. The molecule has 1 saturated heterocycles. The molecule has 0 saturated carbocycles. The van der Waals surface area contributed by atoms with Gasteiger partial charge < -0.3 is 10.1 Å². The minimum absolute atomic E-state index is 0.0346. The van der Waals surface area contributed by atoms with Crippen molar-refractivity contribution in [3.05, 3.63) is 63.6 Å². The van der Waals surface area contributed by atoms with E-state index in [0.29, 0.717) is 47.5 Å². The molecule has 1 aliphatic rings. The van der Waals surface area contributed by atoms with Crippen molar-refractivity contribution in [1.82, 2.24) is 9.62 Å². The van der Waals surface area contributed by atoms with Gasteiger partial charge in [-0.2, -0.15) is 0 Å². The number of ether oxygens (including phenoxy) is 1. The number of sulfonamides is 1. The third-order valence-corrected chi connectivity index (χ3v) is 8.66. The van der Waals surface area contributed by atoms with E-state index in [1.54, 1.807) is 25.3 Å². The third kappa shape index (κ3) is 6.87. The average molecular weight is 528 g/mol. The van der Waals surface area contributed by atoms with Crippen LogP contribution in [0, 0.1) is 11.8 Å². The van der Waals surface area contributed by atoms with Crippen LogP contribution in [0.5, 0.6) is 5.75 Å². The number of nitrogens with zero attached hydrogens (tertiary/aromatic N) is 1. The van der Waals surface area contributed by atoms with Crippen molar-refractivity contribution in [1.29, 1.82) is 0 Å². The van der Waals surface area contributed by atoms with Gasteiger partial charge in [0, 0.05) is 34.6 Å². The molecule has 0 radical (unpaired) electrons. The van der Waals surface area contributed by atoms with E-state index in [9.17, 15) is 13.2 Å². The minimum atomic E-state index is -3.60. The van der Waals surface area contributed by atoms with Crippen LogP contribution in [0.15, 0.2) is 42.5 Å². The molecule has 3 rings (SSSR count). The highest BCUT2D eigenvalue weighted by Crippen LogP contribution is 2.30. The normalized spacial score (nSPS) is 16.4. The largest absolute Gasteiger partial charge is 0.497 e. The smallest absolute Gasteiger partial charge is 0.223 e. The van der Waals surface area contributed by atoms with Gasteiger partial charge in [-0.1, -0.05) is 55.2 Å². The Morgan fingerprint density at radius 1 is 1.09 bits per heavy atom. The first-order chi connectivity index (χ1) is 16.1. The van der Waals surface area contributed by atoms with Gasteiger partial charge in [0.05, 0.1) is 18.9 Å². The van der Waals surface area contributed by atoms with Gasteiger partial charge in [-0.25, -0.2) is 12.7 Å². The number of benzene rings is 2. The Kier molecular flexibility index (Phi) is 9.27. The summed E-state index contributed by atoms with van der Waals surface area (Å²) in [4.78, 5) is 13.1. The number of halogens is 2. The average Bonchev–Trinajstić information content (AvgIpc) is 2.81. The number of rotatable bonds is 9. The zero-order valence-electron chi connectivity index (χ0n) is 19.8. The van der Waals surface area contributed by atoms with Gasteiger partial charge in [-0.3, -0.25) is 4.79 Å². The molecule has 1 atom stereocenters. The Labute approximate surface area is 212 Å². The van der Waals surface area contributed by atoms with Gasteiger partial charge >= 0.3 is 0 Å². The maximum absolute atomic E-state index is 13.1. The molecule has 9 heteroatoms. The van der Waals surface area contributed by atoms with E-state index in [2.05, 4.69) is 19.2 Å². The number of amides is 1. The number of methoxy groups -OCH3 is 1. The topological polar surface area (TPSA) is 75.7 Å². The molecule has 1 amide bonds. The summed E-state index contributed by atoms with van der Waals surface area (Å²) >= 11 is 12.3. The van der Waals surface area contributed by atoms with Crippen LogP contribution >= 0.6 is 23.2 Å². The molecule has 0 bridgehead atoms. The van der Waals surface area contributed by atoms with Gasteiger partial charge in [0.15, 0.2) is 0 Å². The quantitative estimate of drug-likeness (QED) is 0.471. The molecular formula is C25H32Cl2N2O4S. The number of hydrogen-bond acceptors (Lipinski definition) is 4. The van der Waals surface area contributed by atoms with E-state index in [-0.39, 0.29) is 23.6 Å². The number of carbonyl (C=O) groups excluding carboxylic acids is 1. The lowest BCUT2D eigenvalue weighted by atomic mass is 9.93. The van der Waals surface area contributed by atoms with Crippen LogP contribution in [0.4, 0.5) is 0 Å². The van der Waals surface area contributed by atoms with E-state index in [1.165, 1.54) is 4.31 Å². The molecule has 0 aliphatic carbocycles. The monoisotopic (exact) mass is 526 g/mol. The van der Waals surface area contributed by atoms with Gasteiger partial charge in [0.25, 0.3) is 0 Å². The van der Waals surface area contributed by atoms with Crippen molar-refractivity contribution in [3.8, 4) is 5.75 Å². The van der Waals surface area contributed by atoms with E-state index < -0.39 is 10.0 Å². The standard InChI is InChI=1S/C25H32Cl2N2O4S/c1-17(2)15-24(18-7-9-20(33-3)10-8-18)28-25(30)19-11-13-29(14-12-19)34(31,32)16-21-22(26)5-4-6-23(21)27/h4-10,17,19,24H,11-16H2,1-3H3,(H,28,30)/t24-/m0/s1. The van der Waals surface area contributed by atoms with Crippen LogP contribution in [-0.2, 0) is 20.6 Å². The highest BCUT2D eigenvalue weighted by molar-refractivity contribution is 7.88. The minimum Gasteiger partial charge on any atom is -0.497 e. The number of piperidine rings is 1. The summed E-state index contributed by atoms with van der Waals surface area (Å²) in [5.41, 5.74) is 1.43. The first-order valence-corrected chi connectivity index (χ1v) is 13.8. The molecule has 1 heterocycles. The molecule has 1 N–H and O–H groups in total. The molecule has 0 unspecified atom stereocenters. The predicted octanol–water partition coefficient (Wildman–Crippen LogP) is 5.45. The Bertz CT molecular complexity index is 1060. The summed E-state index contributed by atoms with van der Waals surface area (Å²) in [6, 6.07) is 12.6. The fourth-order valence-corrected chi connectivity index (χ4v) is 6.53. The SMILES string of the molecule is COc1ccc([C@H](CC(C)C)NC(=O)C2CCN(S(=O)(=O)Cc3c(Cl)cccc3Cl)CC2)cc1. The Morgan fingerprint density at radius 2 is 1.68 bits per heavy atom. The molecule has 0 aromatic heterocycles. The molecule has 1 aliphatic heterocycles. The zero-order valence-corrected chi connectivity index (χ0v) is 22.1. The molecule has 2 aromatic rings. The van der Waals surface area contributed by atoms with Crippen LogP contribution in [0.1, 0.15) is 50.3 Å². The summed E-state index contributed by atoms with van der Waals surface area (Å²) in [7, 11) is -1.98. The molecular weight excluding hydrogens is 495 g/mol. The molecule has 1 fully saturated rings. The van der Waals surface area contributed by atoms with Gasteiger partial charge in [-0.15, -0.1) is 0 Å².